The zero-order chi connectivity index (χ0) is 20.1. The van der Waals surface area contributed by atoms with Gasteiger partial charge >= 0.3 is 0 Å². The second-order valence-electron chi connectivity index (χ2n) is 8.64. The van der Waals surface area contributed by atoms with E-state index in [4.69, 9.17) is 4.74 Å². The normalized spacial score (nSPS) is 25.3. The SMILES string of the molecule is CC(=O)/C=C1\C=CC2(CC1)CCC(c1ccc(OCc3ccccc3)cc1)CC2. The van der Waals surface area contributed by atoms with Gasteiger partial charge in [0.25, 0.3) is 0 Å². The molecule has 2 aromatic carbocycles. The lowest BCUT2D eigenvalue weighted by molar-refractivity contribution is -0.112. The van der Waals surface area contributed by atoms with Crippen LogP contribution >= 0.6 is 0 Å². The number of carbonyl (C=O) groups is 1. The number of carbonyl (C=O) groups excluding carboxylic acids is 1. The highest BCUT2D eigenvalue weighted by Crippen LogP contribution is 2.49. The fraction of sp³-hybridized carbons (Fsp3) is 0.370. The van der Waals surface area contributed by atoms with E-state index in [0.29, 0.717) is 17.9 Å². The van der Waals surface area contributed by atoms with Crippen LogP contribution in [-0.4, -0.2) is 5.78 Å². The lowest BCUT2D eigenvalue weighted by atomic mass is 9.64. The molecule has 29 heavy (non-hydrogen) atoms. The molecule has 0 radical (unpaired) electrons. The smallest absolute Gasteiger partial charge is 0.152 e. The Labute approximate surface area is 174 Å². The minimum atomic E-state index is 0.153. The molecule has 0 aromatic heterocycles. The first-order valence-corrected chi connectivity index (χ1v) is 10.8. The molecule has 0 amide bonds. The van der Waals surface area contributed by atoms with E-state index in [1.54, 1.807) is 13.0 Å². The number of benzene rings is 2. The molecular weight excluding hydrogens is 356 g/mol. The second-order valence-corrected chi connectivity index (χ2v) is 8.64. The molecule has 0 bridgehead atoms. The van der Waals surface area contributed by atoms with Gasteiger partial charge in [-0.25, -0.2) is 0 Å². The molecule has 0 saturated heterocycles. The first kappa shape index (κ1) is 19.7. The highest BCUT2D eigenvalue weighted by atomic mass is 16.5. The Balaban J connectivity index is 1.31. The van der Waals surface area contributed by atoms with Crippen LogP contribution < -0.4 is 4.74 Å². The predicted octanol–water partition coefficient (Wildman–Crippen LogP) is 6.78. The predicted molar refractivity (Wildman–Crippen MR) is 118 cm³/mol. The molecule has 0 unspecified atom stereocenters. The summed E-state index contributed by atoms with van der Waals surface area (Å²) in [6.07, 6.45) is 13.6. The number of ketones is 1. The standard InChI is InChI=1S/C27H30O2/c1-21(28)19-22-11-15-27(16-12-22)17-13-25(14-18-27)24-7-9-26(10-8-24)29-20-23-5-3-2-4-6-23/h2-11,15,19,25H,12-14,16-18,20H2,1H3/b22-19+. The summed E-state index contributed by atoms with van der Waals surface area (Å²) in [6, 6.07) is 19.0. The zero-order valence-electron chi connectivity index (χ0n) is 17.3. The van der Waals surface area contributed by atoms with Crippen LogP contribution in [0.1, 0.15) is 62.5 Å². The molecule has 1 spiro atoms. The van der Waals surface area contributed by atoms with Gasteiger partial charge in [0.15, 0.2) is 5.78 Å². The quantitative estimate of drug-likeness (QED) is 0.530. The fourth-order valence-electron chi connectivity index (χ4n) is 4.74. The maximum absolute atomic E-state index is 11.3. The summed E-state index contributed by atoms with van der Waals surface area (Å²) < 4.78 is 5.92. The van der Waals surface area contributed by atoms with Gasteiger partial charge in [-0.2, -0.15) is 0 Å². The van der Waals surface area contributed by atoms with Crippen molar-refractivity contribution in [1.29, 1.82) is 0 Å². The van der Waals surface area contributed by atoms with Crippen LogP contribution in [0.15, 0.2) is 78.4 Å². The van der Waals surface area contributed by atoms with Crippen molar-refractivity contribution in [3.05, 3.63) is 89.5 Å². The third-order valence-electron chi connectivity index (χ3n) is 6.53. The van der Waals surface area contributed by atoms with Crippen LogP contribution in [0, 0.1) is 5.41 Å². The van der Waals surface area contributed by atoms with E-state index < -0.39 is 0 Å². The lowest BCUT2D eigenvalue weighted by Crippen LogP contribution is -2.26. The largest absolute Gasteiger partial charge is 0.489 e. The molecule has 0 aliphatic heterocycles. The first-order valence-electron chi connectivity index (χ1n) is 10.8. The number of hydrogen-bond acceptors (Lipinski definition) is 2. The van der Waals surface area contributed by atoms with Crippen LogP contribution in [-0.2, 0) is 11.4 Å². The van der Waals surface area contributed by atoms with E-state index in [2.05, 4.69) is 48.6 Å². The summed E-state index contributed by atoms with van der Waals surface area (Å²) in [6.45, 7) is 2.24. The molecule has 4 rings (SSSR count). The van der Waals surface area contributed by atoms with Gasteiger partial charge in [0, 0.05) is 0 Å². The van der Waals surface area contributed by atoms with E-state index >= 15 is 0 Å². The van der Waals surface area contributed by atoms with Gasteiger partial charge in [0.1, 0.15) is 12.4 Å². The molecular formula is C27H30O2. The van der Waals surface area contributed by atoms with Crippen molar-refractivity contribution in [2.45, 2.75) is 58.0 Å². The van der Waals surface area contributed by atoms with Crippen LogP contribution in [0.25, 0.3) is 0 Å². The van der Waals surface area contributed by atoms with Crippen molar-refractivity contribution in [3.8, 4) is 5.75 Å². The Morgan fingerprint density at radius 3 is 2.38 bits per heavy atom. The summed E-state index contributed by atoms with van der Waals surface area (Å²) in [5.74, 6) is 1.73. The molecule has 2 nitrogen and oxygen atoms in total. The van der Waals surface area contributed by atoms with Crippen LogP contribution in [0.2, 0.25) is 0 Å². The minimum Gasteiger partial charge on any atom is -0.489 e. The average Bonchev–Trinajstić information content (AvgIpc) is 2.76. The molecule has 2 aromatic rings. The van der Waals surface area contributed by atoms with Gasteiger partial charge in [0.2, 0.25) is 0 Å². The average molecular weight is 387 g/mol. The van der Waals surface area contributed by atoms with E-state index in [9.17, 15) is 4.79 Å². The summed E-state index contributed by atoms with van der Waals surface area (Å²) in [5, 5.41) is 0. The van der Waals surface area contributed by atoms with E-state index in [1.165, 1.54) is 48.8 Å². The zero-order valence-corrected chi connectivity index (χ0v) is 17.3. The maximum atomic E-state index is 11.3. The maximum Gasteiger partial charge on any atom is 0.152 e. The summed E-state index contributed by atoms with van der Waals surface area (Å²) in [7, 11) is 0. The van der Waals surface area contributed by atoms with Crippen LogP contribution in [0.3, 0.4) is 0 Å². The summed E-state index contributed by atoms with van der Waals surface area (Å²) in [4.78, 5) is 11.3. The number of allylic oxidation sites excluding steroid dienone is 4. The van der Waals surface area contributed by atoms with Gasteiger partial charge in [0.05, 0.1) is 0 Å². The molecule has 1 fully saturated rings. The van der Waals surface area contributed by atoms with Gasteiger partial charge < -0.3 is 4.74 Å². The van der Waals surface area contributed by atoms with Crippen molar-refractivity contribution in [3.63, 3.8) is 0 Å². The first-order chi connectivity index (χ1) is 14.1. The Morgan fingerprint density at radius 2 is 1.76 bits per heavy atom. The lowest BCUT2D eigenvalue weighted by Gasteiger charge is -2.40. The van der Waals surface area contributed by atoms with Crippen molar-refractivity contribution in [2.75, 3.05) is 0 Å². The Morgan fingerprint density at radius 1 is 1.03 bits per heavy atom. The van der Waals surface area contributed by atoms with E-state index in [-0.39, 0.29) is 5.78 Å². The Bertz CT molecular complexity index is 882. The van der Waals surface area contributed by atoms with Crippen molar-refractivity contribution < 1.29 is 9.53 Å². The molecule has 0 atom stereocenters. The van der Waals surface area contributed by atoms with Gasteiger partial charge in [-0.15, -0.1) is 0 Å². The Kier molecular flexibility index (Phi) is 5.99. The summed E-state index contributed by atoms with van der Waals surface area (Å²) >= 11 is 0. The molecule has 2 aliphatic carbocycles. The van der Waals surface area contributed by atoms with Crippen LogP contribution in [0.4, 0.5) is 0 Å². The Hall–Kier alpha value is -2.61. The fourth-order valence-corrected chi connectivity index (χ4v) is 4.74. The number of rotatable bonds is 5. The highest BCUT2D eigenvalue weighted by Gasteiger charge is 2.35. The van der Waals surface area contributed by atoms with Gasteiger partial charge in [-0.05, 0) is 91.7 Å². The van der Waals surface area contributed by atoms with Crippen molar-refractivity contribution >= 4 is 5.78 Å². The summed E-state index contributed by atoms with van der Waals surface area (Å²) in [5.41, 5.74) is 4.17. The molecule has 2 aliphatic rings. The topological polar surface area (TPSA) is 26.3 Å². The third kappa shape index (κ3) is 5.06. The van der Waals surface area contributed by atoms with Gasteiger partial charge in [-0.1, -0.05) is 54.6 Å². The van der Waals surface area contributed by atoms with Gasteiger partial charge in [-0.3, -0.25) is 4.79 Å². The molecule has 2 heteroatoms. The van der Waals surface area contributed by atoms with Crippen molar-refractivity contribution in [1.82, 2.24) is 0 Å². The van der Waals surface area contributed by atoms with Crippen molar-refractivity contribution in [2.24, 2.45) is 5.41 Å². The molecule has 0 heterocycles. The highest BCUT2D eigenvalue weighted by molar-refractivity contribution is 5.88. The third-order valence-corrected chi connectivity index (χ3v) is 6.53. The number of hydrogen-bond donors (Lipinski definition) is 0. The minimum absolute atomic E-state index is 0.153. The van der Waals surface area contributed by atoms with E-state index in [0.717, 1.165) is 12.2 Å². The molecule has 0 N–H and O–H groups in total. The molecule has 1 saturated carbocycles. The monoisotopic (exact) mass is 386 g/mol. The molecule has 150 valence electrons. The van der Waals surface area contributed by atoms with E-state index in [1.807, 2.05) is 18.2 Å². The number of ether oxygens (including phenoxy) is 1. The second kappa shape index (κ2) is 8.82. The van der Waals surface area contributed by atoms with Crippen LogP contribution in [0.5, 0.6) is 5.75 Å².